The fourth-order valence-corrected chi connectivity index (χ4v) is 2.23. The van der Waals surface area contributed by atoms with E-state index in [1.165, 1.54) is 0 Å². The summed E-state index contributed by atoms with van der Waals surface area (Å²) < 4.78 is 0.880. The van der Waals surface area contributed by atoms with Gasteiger partial charge in [-0.1, -0.05) is 11.6 Å². The van der Waals surface area contributed by atoms with Crippen LogP contribution in [0, 0.1) is 0 Å². The van der Waals surface area contributed by atoms with Crippen molar-refractivity contribution in [3.8, 4) is 11.4 Å². The highest BCUT2D eigenvalue weighted by Crippen LogP contribution is 2.27. The Labute approximate surface area is 117 Å². The van der Waals surface area contributed by atoms with Crippen LogP contribution in [0.3, 0.4) is 0 Å². The minimum Gasteiger partial charge on any atom is -0.398 e. The van der Waals surface area contributed by atoms with E-state index in [0.29, 0.717) is 10.7 Å². The lowest BCUT2D eigenvalue weighted by molar-refractivity contribution is 1.33. The lowest BCUT2D eigenvalue weighted by Crippen LogP contribution is -1.88. The van der Waals surface area contributed by atoms with Gasteiger partial charge in [-0.2, -0.15) is 0 Å². The minimum absolute atomic E-state index is 0.686. The highest BCUT2D eigenvalue weighted by atomic mass is 79.9. The van der Waals surface area contributed by atoms with Gasteiger partial charge in [0.15, 0.2) is 0 Å². The molecular formula is C13H9BrClN3. The molecule has 0 atom stereocenters. The van der Waals surface area contributed by atoms with Gasteiger partial charge < -0.3 is 10.7 Å². The second-order valence-corrected chi connectivity index (χ2v) is 5.27. The first-order chi connectivity index (χ1) is 8.63. The van der Waals surface area contributed by atoms with Crippen molar-refractivity contribution in [1.82, 2.24) is 9.97 Å². The summed E-state index contributed by atoms with van der Waals surface area (Å²) in [6.07, 6.45) is 0. The van der Waals surface area contributed by atoms with Crippen molar-refractivity contribution in [2.24, 2.45) is 0 Å². The van der Waals surface area contributed by atoms with E-state index in [4.69, 9.17) is 17.3 Å². The van der Waals surface area contributed by atoms with Gasteiger partial charge in [-0.3, -0.25) is 0 Å². The Balaban J connectivity index is 2.16. The Bertz CT molecular complexity index is 736. The standard InChI is InChI=1S/C13H9BrClN3/c14-9-3-1-7(5-10(9)16)13-17-11-4-2-8(15)6-12(11)18-13/h1-6H,16H2,(H,17,18). The van der Waals surface area contributed by atoms with E-state index in [1.54, 1.807) is 0 Å². The maximum atomic E-state index is 5.95. The van der Waals surface area contributed by atoms with Crippen LogP contribution in [0.4, 0.5) is 5.69 Å². The molecule has 3 aromatic rings. The van der Waals surface area contributed by atoms with Crippen molar-refractivity contribution in [3.63, 3.8) is 0 Å². The molecule has 0 fully saturated rings. The number of halogens is 2. The molecule has 3 rings (SSSR count). The first kappa shape index (κ1) is 11.6. The summed E-state index contributed by atoms with van der Waals surface area (Å²) in [5.74, 6) is 0.784. The monoisotopic (exact) mass is 321 g/mol. The fraction of sp³-hybridized carbons (Fsp3) is 0. The van der Waals surface area contributed by atoms with Crippen molar-refractivity contribution in [1.29, 1.82) is 0 Å². The van der Waals surface area contributed by atoms with E-state index in [9.17, 15) is 0 Å². The molecule has 3 nitrogen and oxygen atoms in total. The second-order valence-electron chi connectivity index (χ2n) is 3.98. The van der Waals surface area contributed by atoms with Crippen molar-refractivity contribution in [3.05, 3.63) is 45.9 Å². The summed E-state index contributed by atoms with van der Waals surface area (Å²) in [6.45, 7) is 0. The summed E-state index contributed by atoms with van der Waals surface area (Å²) >= 11 is 9.32. The minimum atomic E-state index is 0.686. The van der Waals surface area contributed by atoms with Crippen molar-refractivity contribution in [2.75, 3.05) is 5.73 Å². The number of nitrogen functional groups attached to an aromatic ring is 1. The SMILES string of the molecule is Nc1cc(-c2nc3ccc(Cl)cc3[nH]2)ccc1Br. The molecule has 1 aromatic heterocycles. The molecule has 1 heterocycles. The summed E-state index contributed by atoms with van der Waals surface area (Å²) in [4.78, 5) is 7.74. The smallest absolute Gasteiger partial charge is 0.138 e. The Morgan fingerprint density at radius 1 is 1.17 bits per heavy atom. The number of hydrogen-bond acceptors (Lipinski definition) is 2. The number of nitrogens with zero attached hydrogens (tertiary/aromatic N) is 1. The molecule has 0 aliphatic carbocycles. The zero-order valence-electron chi connectivity index (χ0n) is 9.24. The highest BCUT2D eigenvalue weighted by molar-refractivity contribution is 9.10. The fourth-order valence-electron chi connectivity index (χ4n) is 1.81. The number of benzene rings is 2. The Kier molecular flexibility index (Phi) is 2.76. The van der Waals surface area contributed by atoms with Crippen LogP contribution in [0.5, 0.6) is 0 Å². The third-order valence-electron chi connectivity index (χ3n) is 2.71. The molecule has 18 heavy (non-hydrogen) atoms. The first-order valence-corrected chi connectivity index (χ1v) is 6.51. The molecule has 3 N–H and O–H groups in total. The van der Waals surface area contributed by atoms with Gasteiger partial charge in [-0.15, -0.1) is 0 Å². The van der Waals surface area contributed by atoms with Crippen LogP contribution < -0.4 is 5.73 Å². The van der Waals surface area contributed by atoms with Gasteiger partial charge in [0, 0.05) is 20.7 Å². The molecule has 0 aliphatic heterocycles. The summed E-state index contributed by atoms with van der Waals surface area (Å²) in [6, 6.07) is 11.3. The predicted octanol–water partition coefficient (Wildman–Crippen LogP) is 4.23. The molecule has 0 aliphatic rings. The highest BCUT2D eigenvalue weighted by Gasteiger charge is 2.07. The molecule has 0 saturated carbocycles. The lowest BCUT2D eigenvalue weighted by Gasteiger charge is -2.00. The van der Waals surface area contributed by atoms with Gasteiger partial charge in [0.05, 0.1) is 11.0 Å². The maximum absolute atomic E-state index is 5.95. The number of aromatic nitrogens is 2. The molecule has 0 unspecified atom stereocenters. The normalized spacial score (nSPS) is 11.0. The third-order valence-corrected chi connectivity index (χ3v) is 3.67. The molecule has 90 valence electrons. The van der Waals surface area contributed by atoms with Crippen LogP contribution >= 0.6 is 27.5 Å². The van der Waals surface area contributed by atoms with Crippen LogP contribution in [-0.4, -0.2) is 9.97 Å². The van der Waals surface area contributed by atoms with Crippen LogP contribution in [0.2, 0.25) is 5.02 Å². The van der Waals surface area contributed by atoms with Crippen molar-refractivity contribution < 1.29 is 0 Å². The summed E-state index contributed by atoms with van der Waals surface area (Å²) in [5.41, 5.74) is 9.30. The number of nitrogens with one attached hydrogen (secondary N) is 1. The van der Waals surface area contributed by atoms with E-state index < -0.39 is 0 Å². The maximum Gasteiger partial charge on any atom is 0.138 e. The van der Waals surface area contributed by atoms with Crippen LogP contribution in [0.15, 0.2) is 40.9 Å². The molecule has 0 saturated heterocycles. The average Bonchev–Trinajstić information content (AvgIpc) is 2.75. The van der Waals surface area contributed by atoms with Crippen LogP contribution in [0.25, 0.3) is 22.4 Å². The second kappa shape index (κ2) is 4.30. The largest absolute Gasteiger partial charge is 0.398 e. The van der Waals surface area contributed by atoms with Crippen LogP contribution in [0.1, 0.15) is 0 Å². The van der Waals surface area contributed by atoms with Crippen LogP contribution in [-0.2, 0) is 0 Å². The van der Waals surface area contributed by atoms with Gasteiger partial charge in [-0.05, 0) is 52.3 Å². The number of fused-ring (bicyclic) bond motifs is 1. The van der Waals surface area contributed by atoms with E-state index in [-0.39, 0.29) is 0 Å². The quantitative estimate of drug-likeness (QED) is 0.659. The number of aromatic amines is 1. The van der Waals surface area contributed by atoms with Crippen molar-refractivity contribution in [2.45, 2.75) is 0 Å². The van der Waals surface area contributed by atoms with Gasteiger partial charge in [0.2, 0.25) is 0 Å². The summed E-state index contributed by atoms with van der Waals surface area (Å²) in [5, 5.41) is 0.688. The Morgan fingerprint density at radius 2 is 2.00 bits per heavy atom. The number of rotatable bonds is 1. The predicted molar refractivity (Wildman–Crippen MR) is 78.7 cm³/mol. The molecule has 5 heteroatoms. The van der Waals surface area contributed by atoms with E-state index >= 15 is 0 Å². The van der Waals surface area contributed by atoms with Gasteiger partial charge in [0.25, 0.3) is 0 Å². The molecule has 0 spiro atoms. The van der Waals surface area contributed by atoms with E-state index in [1.807, 2.05) is 36.4 Å². The number of anilines is 1. The van der Waals surface area contributed by atoms with Crippen molar-refractivity contribution >= 4 is 44.3 Å². The van der Waals surface area contributed by atoms with Gasteiger partial charge in [0.1, 0.15) is 5.82 Å². The molecule has 0 radical (unpaired) electrons. The average molecular weight is 323 g/mol. The topological polar surface area (TPSA) is 54.7 Å². The summed E-state index contributed by atoms with van der Waals surface area (Å²) in [7, 11) is 0. The van der Waals surface area contributed by atoms with E-state index in [0.717, 1.165) is 26.9 Å². The number of hydrogen-bond donors (Lipinski definition) is 2. The number of nitrogens with two attached hydrogens (primary N) is 1. The number of H-pyrrole nitrogens is 1. The Morgan fingerprint density at radius 3 is 2.78 bits per heavy atom. The Hall–Kier alpha value is -1.52. The number of imidazole rings is 1. The zero-order valence-corrected chi connectivity index (χ0v) is 11.6. The third kappa shape index (κ3) is 1.98. The first-order valence-electron chi connectivity index (χ1n) is 5.34. The molecule has 0 bridgehead atoms. The molecule has 0 amide bonds. The zero-order chi connectivity index (χ0) is 12.7. The molecular weight excluding hydrogens is 314 g/mol. The lowest BCUT2D eigenvalue weighted by atomic mass is 10.2. The molecule has 2 aromatic carbocycles. The van der Waals surface area contributed by atoms with Gasteiger partial charge >= 0.3 is 0 Å². The van der Waals surface area contributed by atoms with E-state index in [2.05, 4.69) is 25.9 Å². The van der Waals surface area contributed by atoms with Gasteiger partial charge in [-0.25, -0.2) is 4.98 Å².